The zero-order chi connectivity index (χ0) is 11.7. The average Bonchev–Trinajstić information content (AvgIpc) is 2.61. The van der Waals surface area contributed by atoms with Crippen LogP contribution in [0.15, 0.2) is 28.8 Å². The average molecular weight is 213 g/mol. The maximum absolute atomic E-state index is 11.0. The van der Waals surface area contributed by atoms with Crippen LogP contribution >= 0.6 is 0 Å². The molecule has 1 aromatic carbocycles. The van der Waals surface area contributed by atoms with Gasteiger partial charge in [-0.2, -0.15) is 0 Å². The van der Waals surface area contributed by atoms with Crippen molar-refractivity contribution in [1.29, 1.82) is 0 Å². The van der Waals surface area contributed by atoms with Gasteiger partial charge in [-0.25, -0.2) is 4.79 Å². The van der Waals surface area contributed by atoms with Gasteiger partial charge in [0.15, 0.2) is 5.76 Å². The first-order chi connectivity index (χ1) is 7.59. The Morgan fingerprint density at radius 1 is 1.38 bits per heavy atom. The molecule has 0 aliphatic carbocycles. The molecule has 0 saturated heterocycles. The summed E-state index contributed by atoms with van der Waals surface area (Å²) in [4.78, 5) is 11.0. The van der Waals surface area contributed by atoms with Crippen molar-refractivity contribution in [3.8, 4) is 11.3 Å². The first-order valence-electron chi connectivity index (χ1n) is 4.65. The van der Waals surface area contributed by atoms with Crippen molar-refractivity contribution in [3.63, 3.8) is 0 Å². The second-order valence-electron chi connectivity index (χ2n) is 3.40. The van der Waals surface area contributed by atoms with Crippen LogP contribution in [-0.2, 0) is 0 Å². The molecule has 4 nitrogen and oxygen atoms in total. The summed E-state index contributed by atoms with van der Waals surface area (Å²) in [6.07, 6.45) is 0. The Morgan fingerprint density at radius 3 is 2.56 bits per heavy atom. The summed E-state index contributed by atoms with van der Waals surface area (Å²) >= 11 is 0. The number of aryl methyl sites for hydroxylation is 1. The summed E-state index contributed by atoms with van der Waals surface area (Å²) in [5, 5.41) is 12.7. The van der Waals surface area contributed by atoms with Crippen LogP contribution in [0.3, 0.4) is 0 Å². The molecule has 0 aliphatic heterocycles. The van der Waals surface area contributed by atoms with Crippen LogP contribution in [-0.4, -0.2) is 24.1 Å². The maximum Gasteiger partial charge on any atom is 0.341 e. The van der Waals surface area contributed by atoms with E-state index < -0.39 is 5.97 Å². The van der Waals surface area contributed by atoms with E-state index in [2.05, 4.69) is 5.16 Å². The highest BCUT2D eigenvalue weighted by Crippen LogP contribution is 2.25. The fourth-order valence-electron chi connectivity index (χ4n) is 1.45. The van der Waals surface area contributed by atoms with E-state index in [1.807, 2.05) is 0 Å². The lowest BCUT2D eigenvalue weighted by Crippen LogP contribution is -2.01. The quantitative estimate of drug-likeness (QED) is 0.759. The molecular weight excluding hydrogens is 205 g/mol. The fraction of sp³-hybridized carbons (Fsp3) is 0.0909. The normalized spacial score (nSPS) is 10.3. The predicted molar refractivity (Wildman–Crippen MR) is 59.0 cm³/mol. The Kier molecular flexibility index (Phi) is 2.52. The van der Waals surface area contributed by atoms with Gasteiger partial charge in [-0.3, -0.25) is 0 Å². The molecule has 1 N–H and O–H groups in total. The molecule has 0 spiro atoms. The first-order valence-corrected chi connectivity index (χ1v) is 4.65. The summed E-state index contributed by atoms with van der Waals surface area (Å²) in [6, 6.07) is 6.75. The lowest BCUT2D eigenvalue weighted by atomic mass is 9.94. The van der Waals surface area contributed by atoms with Gasteiger partial charge < -0.3 is 9.63 Å². The standard InChI is InChI=1S/C11H8BNO3/c1-6-9(11(14)15)10(16-13-6)7-2-4-8(12)5-3-7/h2-5H,1H3,(H,14,15). The minimum atomic E-state index is -1.05. The Hall–Kier alpha value is -2.04. The molecule has 2 aromatic rings. The molecule has 78 valence electrons. The lowest BCUT2D eigenvalue weighted by molar-refractivity contribution is 0.0696. The smallest absolute Gasteiger partial charge is 0.341 e. The monoisotopic (exact) mass is 213 g/mol. The molecule has 0 amide bonds. The Labute approximate surface area is 93.3 Å². The van der Waals surface area contributed by atoms with Gasteiger partial charge in [0.1, 0.15) is 13.4 Å². The lowest BCUT2D eigenvalue weighted by Gasteiger charge is -1.98. The second-order valence-corrected chi connectivity index (χ2v) is 3.40. The van der Waals surface area contributed by atoms with Gasteiger partial charge in [-0.05, 0) is 6.92 Å². The van der Waals surface area contributed by atoms with E-state index in [4.69, 9.17) is 17.5 Å². The zero-order valence-corrected chi connectivity index (χ0v) is 8.60. The molecular formula is C11H8BNO3. The summed E-state index contributed by atoms with van der Waals surface area (Å²) < 4.78 is 5.01. The molecule has 1 aromatic heterocycles. The summed E-state index contributed by atoms with van der Waals surface area (Å²) in [5.41, 5.74) is 1.70. The Morgan fingerprint density at radius 2 is 2.00 bits per heavy atom. The largest absolute Gasteiger partial charge is 0.477 e. The van der Waals surface area contributed by atoms with Crippen LogP contribution in [0.1, 0.15) is 16.1 Å². The number of aromatic nitrogens is 1. The molecule has 0 saturated carbocycles. The molecule has 2 radical (unpaired) electrons. The van der Waals surface area contributed by atoms with Gasteiger partial charge in [0.05, 0.1) is 5.69 Å². The number of hydrogen-bond acceptors (Lipinski definition) is 3. The molecule has 1 heterocycles. The van der Waals surface area contributed by atoms with Crippen molar-refractivity contribution < 1.29 is 14.4 Å². The third-order valence-electron chi connectivity index (χ3n) is 2.25. The number of nitrogens with zero attached hydrogens (tertiary/aromatic N) is 1. The number of rotatable bonds is 2. The first kappa shape index (κ1) is 10.5. The highest BCUT2D eigenvalue weighted by atomic mass is 16.5. The number of aromatic carboxylic acids is 1. The fourth-order valence-corrected chi connectivity index (χ4v) is 1.45. The van der Waals surface area contributed by atoms with Gasteiger partial charge in [0.25, 0.3) is 0 Å². The van der Waals surface area contributed by atoms with Gasteiger partial charge in [-0.15, -0.1) is 0 Å². The molecule has 0 atom stereocenters. The molecule has 16 heavy (non-hydrogen) atoms. The molecule has 0 bridgehead atoms. The van der Waals surface area contributed by atoms with Crippen LogP contribution in [0.4, 0.5) is 0 Å². The summed E-state index contributed by atoms with van der Waals surface area (Å²) in [7, 11) is 5.55. The van der Waals surface area contributed by atoms with Crippen LogP contribution in [0.5, 0.6) is 0 Å². The highest BCUT2D eigenvalue weighted by molar-refractivity contribution is 6.32. The minimum Gasteiger partial charge on any atom is -0.477 e. The van der Waals surface area contributed by atoms with Crippen molar-refractivity contribution in [2.45, 2.75) is 6.92 Å². The second kappa shape index (κ2) is 3.85. The van der Waals surface area contributed by atoms with Crippen molar-refractivity contribution in [2.75, 3.05) is 0 Å². The number of carboxylic acids is 1. The topological polar surface area (TPSA) is 63.3 Å². The van der Waals surface area contributed by atoms with Crippen LogP contribution in [0.2, 0.25) is 0 Å². The Balaban J connectivity index is 2.56. The third-order valence-corrected chi connectivity index (χ3v) is 2.25. The predicted octanol–water partition coefficient (Wildman–Crippen LogP) is 1.14. The van der Waals surface area contributed by atoms with Crippen molar-refractivity contribution >= 4 is 19.3 Å². The van der Waals surface area contributed by atoms with E-state index in [-0.39, 0.29) is 11.3 Å². The molecule has 0 aliphatic rings. The number of benzene rings is 1. The van der Waals surface area contributed by atoms with Crippen molar-refractivity contribution in [3.05, 3.63) is 35.5 Å². The number of carbonyl (C=O) groups is 1. The van der Waals surface area contributed by atoms with E-state index in [9.17, 15) is 4.79 Å². The van der Waals surface area contributed by atoms with Crippen molar-refractivity contribution in [2.24, 2.45) is 0 Å². The Bertz CT molecular complexity index is 531. The van der Waals surface area contributed by atoms with Gasteiger partial charge >= 0.3 is 5.97 Å². The SMILES string of the molecule is [B]c1ccc(-c2onc(C)c2C(=O)O)cc1. The maximum atomic E-state index is 11.0. The van der Waals surface area contributed by atoms with E-state index in [1.54, 1.807) is 31.2 Å². The summed E-state index contributed by atoms with van der Waals surface area (Å²) in [6.45, 7) is 1.59. The van der Waals surface area contributed by atoms with Gasteiger partial charge in [0, 0.05) is 5.56 Å². The molecule has 2 rings (SSSR count). The number of carboxylic acid groups (broad SMARTS) is 1. The van der Waals surface area contributed by atoms with Crippen molar-refractivity contribution in [1.82, 2.24) is 5.16 Å². The molecule has 5 heteroatoms. The van der Waals surface area contributed by atoms with Crippen LogP contribution in [0, 0.1) is 6.92 Å². The summed E-state index contributed by atoms with van der Waals surface area (Å²) in [5.74, 6) is -0.796. The van der Waals surface area contributed by atoms with E-state index in [1.165, 1.54) is 0 Å². The highest BCUT2D eigenvalue weighted by Gasteiger charge is 2.20. The molecule has 0 fully saturated rings. The minimum absolute atomic E-state index is 0.0878. The van der Waals surface area contributed by atoms with Crippen LogP contribution < -0.4 is 5.46 Å². The third kappa shape index (κ3) is 1.71. The van der Waals surface area contributed by atoms with Gasteiger partial charge in [0.2, 0.25) is 0 Å². The molecule has 0 unspecified atom stereocenters. The van der Waals surface area contributed by atoms with E-state index >= 15 is 0 Å². The van der Waals surface area contributed by atoms with Crippen LogP contribution in [0.25, 0.3) is 11.3 Å². The van der Waals surface area contributed by atoms with Gasteiger partial charge in [-0.1, -0.05) is 34.9 Å². The zero-order valence-electron chi connectivity index (χ0n) is 8.60. The van der Waals surface area contributed by atoms with E-state index in [0.717, 1.165) is 0 Å². The van der Waals surface area contributed by atoms with E-state index in [0.29, 0.717) is 16.7 Å². The number of hydrogen-bond donors (Lipinski definition) is 1.